The standard InChI is InChI=1S/C26H31F2NO2/c27-23-14-10-20(11-15-23)21-12-16-25(17-13-21)31-26(30)22-8-6-19(7-9-22)4-2-1-3-5-24(28)18-29/h1,3,5,10-11,14-15,19,21-22,25H,2,4,6-9,12-13,16-17H2/t19-,21-,22-,25-. The van der Waals surface area contributed by atoms with E-state index in [0.717, 1.165) is 64.2 Å². The second-order valence-electron chi connectivity index (χ2n) is 8.81. The maximum absolute atomic E-state index is 13.1. The summed E-state index contributed by atoms with van der Waals surface area (Å²) in [5.41, 5.74) is 1.17. The first-order chi connectivity index (χ1) is 15.0. The van der Waals surface area contributed by atoms with E-state index >= 15 is 0 Å². The zero-order valence-corrected chi connectivity index (χ0v) is 17.9. The number of nitrogens with zero attached hydrogens (tertiary/aromatic N) is 1. The van der Waals surface area contributed by atoms with E-state index in [4.69, 9.17) is 10.00 Å². The fourth-order valence-corrected chi connectivity index (χ4v) is 4.81. The van der Waals surface area contributed by atoms with Gasteiger partial charge in [0.25, 0.3) is 0 Å². The van der Waals surface area contributed by atoms with E-state index in [2.05, 4.69) is 0 Å². The van der Waals surface area contributed by atoms with Crippen LogP contribution in [-0.2, 0) is 9.53 Å². The number of rotatable bonds is 7. The molecule has 2 aliphatic carbocycles. The molecule has 5 heteroatoms. The van der Waals surface area contributed by atoms with Crippen LogP contribution in [0.4, 0.5) is 8.78 Å². The first-order valence-corrected chi connectivity index (χ1v) is 11.4. The van der Waals surface area contributed by atoms with E-state index in [-0.39, 0.29) is 23.8 Å². The summed E-state index contributed by atoms with van der Waals surface area (Å²) in [6, 6.07) is 8.20. The molecule has 1 aromatic carbocycles. The molecule has 31 heavy (non-hydrogen) atoms. The molecule has 3 nitrogen and oxygen atoms in total. The van der Waals surface area contributed by atoms with Crippen molar-refractivity contribution in [3.8, 4) is 6.07 Å². The van der Waals surface area contributed by atoms with Crippen LogP contribution in [0, 0.1) is 29.0 Å². The molecule has 0 atom stereocenters. The first-order valence-electron chi connectivity index (χ1n) is 11.4. The van der Waals surface area contributed by atoms with Crippen LogP contribution in [0.5, 0.6) is 0 Å². The Morgan fingerprint density at radius 3 is 2.39 bits per heavy atom. The van der Waals surface area contributed by atoms with Crippen LogP contribution in [0.15, 0.2) is 48.3 Å². The summed E-state index contributed by atoms with van der Waals surface area (Å²) in [4.78, 5) is 12.6. The molecule has 166 valence electrons. The van der Waals surface area contributed by atoms with E-state index < -0.39 is 5.83 Å². The third-order valence-corrected chi connectivity index (χ3v) is 6.71. The van der Waals surface area contributed by atoms with Crippen LogP contribution in [0.2, 0.25) is 0 Å². The molecule has 0 N–H and O–H groups in total. The number of hydrogen-bond donors (Lipinski definition) is 0. The quantitative estimate of drug-likeness (QED) is 0.270. The van der Waals surface area contributed by atoms with E-state index in [1.807, 2.05) is 18.2 Å². The number of carbonyl (C=O) groups excluding carboxylic acids is 1. The van der Waals surface area contributed by atoms with Crippen LogP contribution in [0.25, 0.3) is 0 Å². The predicted octanol–water partition coefficient (Wildman–Crippen LogP) is 6.91. The summed E-state index contributed by atoms with van der Waals surface area (Å²) in [5.74, 6) is -0.00793. The van der Waals surface area contributed by atoms with Gasteiger partial charge < -0.3 is 4.74 Å². The van der Waals surface area contributed by atoms with Crippen LogP contribution >= 0.6 is 0 Å². The van der Waals surface area contributed by atoms with E-state index in [1.165, 1.54) is 29.8 Å². The van der Waals surface area contributed by atoms with Crippen LogP contribution in [0.1, 0.15) is 75.7 Å². The van der Waals surface area contributed by atoms with Gasteiger partial charge in [-0.25, -0.2) is 4.39 Å². The Morgan fingerprint density at radius 1 is 1.06 bits per heavy atom. The van der Waals surface area contributed by atoms with Gasteiger partial charge in [-0.1, -0.05) is 24.3 Å². The number of benzene rings is 1. The van der Waals surface area contributed by atoms with Crippen molar-refractivity contribution in [1.82, 2.24) is 0 Å². The Hall–Kier alpha value is -2.48. The van der Waals surface area contributed by atoms with Gasteiger partial charge in [-0.3, -0.25) is 4.79 Å². The van der Waals surface area contributed by atoms with Crippen molar-refractivity contribution in [1.29, 1.82) is 5.26 Å². The van der Waals surface area contributed by atoms with Crippen LogP contribution in [0.3, 0.4) is 0 Å². The highest BCUT2D eigenvalue weighted by molar-refractivity contribution is 5.72. The molecule has 3 rings (SSSR count). The molecule has 2 fully saturated rings. The fraction of sp³-hybridized carbons (Fsp3) is 0.538. The summed E-state index contributed by atoms with van der Waals surface area (Å²) in [6.07, 6.45) is 14.0. The van der Waals surface area contributed by atoms with Gasteiger partial charge in [-0.2, -0.15) is 9.65 Å². The number of esters is 1. The SMILES string of the molecule is N#CC(F)=CC=CCC[C@H]1CC[C@H](C(=O)O[C@H]2CC[C@H](c3ccc(F)cc3)CC2)CC1. The van der Waals surface area contributed by atoms with E-state index in [9.17, 15) is 13.6 Å². The van der Waals surface area contributed by atoms with Gasteiger partial charge in [0.05, 0.1) is 5.92 Å². The molecule has 1 aromatic rings. The molecule has 0 bridgehead atoms. The minimum absolute atomic E-state index is 0.00826. The summed E-state index contributed by atoms with van der Waals surface area (Å²) in [5, 5.41) is 8.36. The second-order valence-corrected chi connectivity index (χ2v) is 8.81. The Kier molecular flexibility index (Phi) is 8.82. The Bertz CT molecular complexity index is 809. The summed E-state index contributed by atoms with van der Waals surface area (Å²) < 4.78 is 31.6. The minimum Gasteiger partial charge on any atom is -0.462 e. The van der Waals surface area contributed by atoms with Gasteiger partial charge in [0, 0.05) is 0 Å². The highest BCUT2D eigenvalue weighted by Crippen LogP contribution is 2.36. The van der Waals surface area contributed by atoms with Crippen molar-refractivity contribution in [2.75, 3.05) is 0 Å². The maximum Gasteiger partial charge on any atom is 0.309 e. The molecule has 0 aromatic heterocycles. The molecular formula is C26H31F2NO2. The van der Waals surface area contributed by atoms with Crippen molar-refractivity contribution in [2.45, 2.75) is 76.2 Å². The number of ether oxygens (including phenoxy) is 1. The molecule has 0 heterocycles. The third kappa shape index (κ3) is 7.31. The lowest BCUT2D eigenvalue weighted by molar-refractivity contribution is -0.157. The van der Waals surface area contributed by atoms with Crippen LogP contribution < -0.4 is 0 Å². The Labute approximate surface area is 183 Å². The smallest absolute Gasteiger partial charge is 0.309 e. The third-order valence-electron chi connectivity index (χ3n) is 6.71. The number of nitriles is 1. The van der Waals surface area contributed by atoms with Crippen molar-refractivity contribution in [3.63, 3.8) is 0 Å². The van der Waals surface area contributed by atoms with Crippen LogP contribution in [-0.4, -0.2) is 12.1 Å². The van der Waals surface area contributed by atoms with Gasteiger partial charge in [-0.15, -0.1) is 0 Å². The topological polar surface area (TPSA) is 50.1 Å². The van der Waals surface area contributed by atoms with Crippen molar-refractivity contribution >= 4 is 5.97 Å². The summed E-state index contributed by atoms with van der Waals surface area (Å²) in [6.45, 7) is 0. The van der Waals surface area contributed by atoms with E-state index in [0.29, 0.717) is 11.8 Å². The summed E-state index contributed by atoms with van der Waals surface area (Å²) in [7, 11) is 0. The molecule has 0 amide bonds. The normalized spacial score (nSPS) is 27.1. The lowest BCUT2D eigenvalue weighted by Crippen LogP contribution is -2.29. The largest absolute Gasteiger partial charge is 0.462 e. The second kappa shape index (κ2) is 11.8. The van der Waals surface area contributed by atoms with Crippen molar-refractivity contribution in [3.05, 3.63) is 59.7 Å². The Morgan fingerprint density at radius 2 is 1.74 bits per heavy atom. The highest BCUT2D eigenvalue weighted by atomic mass is 19.1. The van der Waals surface area contributed by atoms with Crippen molar-refractivity contribution in [2.24, 2.45) is 11.8 Å². The zero-order valence-electron chi connectivity index (χ0n) is 17.9. The van der Waals surface area contributed by atoms with Gasteiger partial charge in [0.1, 0.15) is 18.0 Å². The van der Waals surface area contributed by atoms with Gasteiger partial charge in [0.15, 0.2) is 5.83 Å². The monoisotopic (exact) mass is 427 g/mol. The lowest BCUT2D eigenvalue weighted by atomic mass is 9.79. The molecule has 2 aliphatic rings. The average molecular weight is 428 g/mol. The highest BCUT2D eigenvalue weighted by Gasteiger charge is 2.30. The molecule has 0 spiro atoms. The first kappa shape index (κ1) is 23.2. The molecule has 2 saturated carbocycles. The average Bonchev–Trinajstić information content (AvgIpc) is 2.80. The van der Waals surface area contributed by atoms with Gasteiger partial charge in [0.2, 0.25) is 0 Å². The molecular weight excluding hydrogens is 396 g/mol. The Balaban J connectivity index is 1.33. The number of hydrogen-bond acceptors (Lipinski definition) is 3. The molecule has 0 saturated heterocycles. The minimum atomic E-state index is -0.779. The van der Waals surface area contributed by atoms with Crippen molar-refractivity contribution < 1.29 is 18.3 Å². The zero-order chi connectivity index (χ0) is 22.1. The van der Waals surface area contributed by atoms with E-state index in [1.54, 1.807) is 6.08 Å². The molecule has 0 radical (unpaired) electrons. The van der Waals surface area contributed by atoms with Gasteiger partial charge in [-0.05, 0) is 99.8 Å². The number of halogens is 2. The number of carbonyl (C=O) groups is 1. The fourth-order valence-electron chi connectivity index (χ4n) is 4.81. The lowest BCUT2D eigenvalue weighted by Gasteiger charge is -2.31. The molecule has 0 aliphatic heterocycles. The molecule has 0 unspecified atom stereocenters. The summed E-state index contributed by atoms with van der Waals surface area (Å²) >= 11 is 0. The number of allylic oxidation sites excluding steroid dienone is 4. The maximum atomic E-state index is 13.1. The van der Waals surface area contributed by atoms with Gasteiger partial charge >= 0.3 is 5.97 Å². The predicted molar refractivity (Wildman–Crippen MR) is 116 cm³/mol.